The Morgan fingerprint density at radius 1 is 1.00 bits per heavy atom. The minimum absolute atomic E-state index is 0.355. The summed E-state index contributed by atoms with van der Waals surface area (Å²) in [5, 5.41) is 0. The number of carbonyl (C=O) groups is 1. The maximum atomic E-state index is 12.0. The van der Waals surface area contributed by atoms with E-state index in [0.29, 0.717) is 11.8 Å². The van der Waals surface area contributed by atoms with Gasteiger partial charge < -0.3 is 4.90 Å². The predicted octanol–water partition coefficient (Wildman–Crippen LogP) is 3.79. The van der Waals surface area contributed by atoms with Gasteiger partial charge in [0.1, 0.15) is 0 Å². The maximum absolute atomic E-state index is 12.0. The fourth-order valence-corrected chi connectivity index (χ4v) is 4.05. The van der Waals surface area contributed by atoms with Crippen molar-refractivity contribution < 1.29 is 4.79 Å². The maximum Gasteiger partial charge on any atom is 0.163 e. The van der Waals surface area contributed by atoms with E-state index in [1.54, 1.807) is 0 Å². The highest BCUT2D eigenvalue weighted by atomic mass is 16.1. The van der Waals surface area contributed by atoms with Gasteiger partial charge >= 0.3 is 0 Å². The van der Waals surface area contributed by atoms with Crippen molar-refractivity contribution in [1.29, 1.82) is 0 Å². The molecule has 0 fully saturated rings. The molecule has 0 heterocycles. The van der Waals surface area contributed by atoms with Gasteiger partial charge in [0, 0.05) is 18.0 Å². The third-order valence-electron chi connectivity index (χ3n) is 5.09. The lowest BCUT2D eigenvalue weighted by atomic mass is 9.85. The first-order valence-corrected chi connectivity index (χ1v) is 8.64. The molecular formula is C19H27NO. The molecule has 0 amide bonds. The summed E-state index contributed by atoms with van der Waals surface area (Å²) in [4.78, 5) is 14.6. The molecule has 21 heavy (non-hydrogen) atoms. The van der Waals surface area contributed by atoms with Gasteiger partial charge in [-0.05, 0) is 74.4 Å². The fourth-order valence-electron chi connectivity index (χ4n) is 4.05. The van der Waals surface area contributed by atoms with Crippen LogP contribution >= 0.6 is 0 Å². The summed E-state index contributed by atoms with van der Waals surface area (Å²) < 4.78 is 0. The Balaban J connectivity index is 1.81. The largest absolute Gasteiger partial charge is 0.300 e. The molecule has 1 unspecified atom stereocenters. The lowest BCUT2D eigenvalue weighted by Gasteiger charge is -2.35. The van der Waals surface area contributed by atoms with Crippen molar-refractivity contribution in [2.75, 3.05) is 13.1 Å². The normalized spacial score (nSPS) is 20.7. The molecule has 0 N–H and O–H groups in total. The number of hydrogen-bond acceptors (Lipinski definition) is 2. The first kappa shape index (κ1) is 14.8. The number of Topliss-reactive ketones (excluding diaryl/α,β-unsaturated/α-hetero) is 1. The van der Waals surface area contributed by atoms with Crippen LogP contribution < -0.4 is 0 Å². The van der Waals surface area contributed by atoms with Crippen LogP contribution in [0.1, 0.15) is 66.6 Å². The van der Waals surface area contributed by atoms with E-state index < -0.39 is 0 Å². The van der Waals surface area contributed by atoms with Gasteiger partial charge in [0.05, 0.1) is 0 Å². The van der Waals surface area contributed by atoms with Crippen LogP contribution in [-0.2, 0) is 19.3 Å². The topological polar surface area (TPSA) is 20.3 Å². The molecule has 2 aliphatic rings. The lowest BCUT2D eigenvalue weighted by molar-refractivity contribution is 0.0994. The Morgan fingerprint density at radius 3 is 2.48 bits per heavy atom. The zero-order valence-corrected chi connectivity index (χ0v) is 13.5. The van der Waals surface area contributed by atoms with Crippen LogP contribution in [-0.4, -0.2) is 29.8 Å². The molecule has 2 nitrogen and oxygen atoms in total. The van der Waals surface area contributed by atoms with Crippen molar-refractivity contribution in [3.05, 3.63) is 34.4 Å². The molecule has 0 saturated carbocycles. The van der Waals surface area contributed by atoms with Gasteiger partial charge in [-0.25, -0.2) is 0 Å². The van der Waals surface area contributed by atoms with Gasteiger partial charge in [-0.3, -0.25) is 4.79 Å². The summed E-state index contributed by atoms with van der Waals surface area (Å²) in [5.41, 5.74) is 5.27. The molecule has 0 saturated heterocycles. The van der Waals surface area contributed by atoms with Gasteiger partial charge in [-0.15, -0.1) is 0 Å². The molecular weight excluding hydrogens is 258 g/mol. The molecule has 1 aromatic rings. The second kappa shape index (κ2) is 6.31. The molecule has 0 spiro atoms. The average Bonchev–Trinajstić information content (AvgIpc) is 2.85. The first-order chi connectivity index (χ1) is 10.2. The first-order valence-electron chi connectivity index (χ1n) is 8.64. The summed E-state index contributed by atoms with van der Waals surface area (Å²) in [5.74, 6) is 0.355. The minimum atomic E-state index is 0.355. The number of nitrogens with zero attached hydrogens (tertiary/aromatic N) is 1. The standard InChI is InChI=1S/C19H27NO/c1-3-9-20(10-4-2)17-7-5-14-11-15-6-8-19(21)18(15)13-16(14)12-17/h11,13,17H,3-10,12H2,1-2H3. The summed E-state index contributed by atoms with van der Waals surface area (Å²) in [7, 11) is 0. The molecule has 0 aliphatic heterocycles. The molecule has 2 aliphatic carbocycles. The smallest absolute Gasteiger partial charge is 0.163 e. The number of aryl methyl sites for hydroxylation is 2. The summed E-state index contributed by atoms with van der Waals surface area (Å²) >= 11 is 0. The van der Waals surface area contributed by atoms with E-state index in [-0.39, 0.29) is 0 Å². The fraction of sp³-hybridized carbons (Fsp3) is 0.632. The van der Waals surface area contributed by atoms with E-state index in [2.05, 4.69) is 30.9 Å². The molecule has 3 rings (SSSR count). The second-order valence-corrected chi connectivity index (χ2v) is 6.63. The molecule has 0 bridgehead atoms. The van der Waals surface area contributed by atoms with Gasteiger partial charge in [0.25, 0.3) is 0 Å². The Kier molecular flexibility index (Phi) is 4.44. The van der Waals surface area contributed by atoms with E-state index in [0.717, 1.165) is 24.8 Å². The Labute approximate surface area is 128 Å². The highest BCUT2D eigenvalue weighted by Crippen LogP contribution is 2.31. The van der Waals surface area contributed by atoms with Crippen LogP contribution in [0.15, 0.2) is 12.1 Å². The summed E-state index contributed by atoms with van der Waals surface area (Å²) in [6.45, 7) is 6.95. The predicted molar refractivity (Wildman–Crippen MR) is 87.1 cm³/mol. The number of fused-ring (bicyclic) bond motifs is 2. The zero-order chi connectivity index (χ0) is 14.8. The summed E-state index contributed by atoms with van der Waals surface area (Å²) in [6, 6.07) is 5.23. The monoisotopic (exact) mass is 285 g/mol. The third-order valence-corrected chi connectivity index (χ3v) is 5.09. The van der Waals surface area contributed by atoms with Crippen molar-refractivity contribution in [3.63, 3.8) is 0 Å². The van der Waals surface area contributed by atoms with E-state index in [1.165, 1.54) is 55.5 Å². The minimum Gasteiger partial charge on any atom is -0.300 e. The number of hydrogen-bond donors (Lipinski definition) is 0. The SMILES string of the molecule is CCCN(CCC)C1CCc2cc3c(cc2C1)C(=O)CC3. The highest BCUT2D eigenvalue weighted by molar-refractivity contribution is 6.00. The highest BCUT2D eigenvalue weighted by Gasteiger charge is 2.27. The second-order valence-electron chi connectivity index (χ2n) is 6.63. The number of rotatable bonds is 5. The van der Waals surface area contributed by atoms with Gasteiger partial charge in [-0.2, -0.15) is 0 Å². The molecule has 1 atom stereocenters. The molecule has 0 aromatic heterocycles. The summed E-state index contributed by atoms with van der Waals surface area (Å²) in [6.07, 6.45) is 7.74. The van der Waals surface area contributed by atoms with Crippen LogP contribution in [0.25, 0.3) is 0 Å². The van der Waals surface area contributed by atoms with Crippen molar-refractivity contribution in [3.8, 4) is 0 Å². The van der Waals surface area contributed by atoms with Crippen molar-refractivity contribution >= 4 is 5.78 Å². The Morgan fingerprint density at radius 2 is 1.76 bits per heavy atom. The van der Waals surface area contributed by atoms with Crippen molar-refractivity contribution in [2.24, 2.45) is 0 Å². The molecule has 1 aromatic carbocycles. The molecule has 2 heteroatoms. The molecule has 0 radical (unpaired) electrons. The zero-order valence-electron chi connectivity index (χ0n) is 13.5. The van der Waals surface area contributed by atoms with Gasteiger partial charge in [0.15, 0.2) is 5.78 Å². The van der Waals surface area contributed by atoms with Crippen LogP contribution in [0.3, 0.4) is 0 Å². The number of benzene rings is 1. The van der Waals surface area contributed by atoms with Crippen LogP contribution in [0, 0.1) is 0 Å². The van der Waals surface area contributed by atoms with Crippen molar-refractivity contribution in [1.82, 2.24) is 4.90 Å². The lowest BCUT2D eigenvalue weighted by Crippen LogP contribution is -2.40. The van der Waals surface area contributed by atoms with Gasteiger partial charge in [0.2, 0.25) is 0 Å². The quantitative estimate of drug-likeness (QED) is 0.820. The van der Waals surface area contributed by atoms with Crippen LogP contribution in [0.4, 0.5) is 0 Å². The van der Waals surface area contributed by atoms with Crippen LogP contribution in [0.2, 0.25) is 0 Å². The number of carbonyl (C=O) groups excluding carboxylic acids is 1. The van der Waals surface area contributed by atoms with E-state index >= 15 is 0 Å². The molecule has 114 valence electrons. The van der Waals surface area contributed by atoms with E-state index in [4.69, 9.17) is 0 Å². The number of ketones is 1. The van der Waals surface area contributed by atoms with Crippen molar-refractivity contribution in [2.45, 2.75) is 64.8 Å². The van der Waals surface area contributed by atoms with E-state index in [1.807, 2.05) is 0 Å². The van der Waals surface area contributed by atoms with E-state index in [9.17, 15) is 4.79 Å². The Bertz CT molecular complexity index is 529. The Hall–Kier alpha value is -1.15. The third kappa shape index (κ3) is 2.91. The average molecular weight is 285 g/mol. The van der Waals surface area contributed by atoms with Gasteiger partial charge in [-0.1, -0.05) is 19.9 Å². The van der Waals surface area contributed by atoms with Crippen LogP contribution in [0.5, 0.6) is 0 Å².